The summed E-state index contributed by atoms with van der Waals surface area (Å²) in [5.74, 6) is 4.21. The summed E-state index contributed by atoms with van der Waals surface area (Å²) < 4.78 is 13.9. The van der Waals surface area contributed by atoms with E-state index in [4.69, 9.17) is 8.85 Å². The molecule has 0 saturated heterocycles. The van der Waals surface area contributed by atoms with E-state index < -0.39 is 16.6 Å². The number of rotatable bonds is 5. The van der Waals surface area contributed by atoms with Gasteiger partial charge in [0.25, 0.3) is 0 Å². The fourth-order valence-electron chi connectivity index (χ4n) is 9.40. The Labute approximate surface area is 195 Å². The lowest BCUT2D eigenvalue weighted by Crippen LogP contribution is -2.60. The molecule has 0 aromatic carbocycles. The van der Waals surface area contributed by atoms with E-state index in [0.717, 1.165) is 23.7 Å². The van der Waals surface area contributed by atoms with Crippen molar-refractivity contribution in [2.24, 2.45) is 40.4 Å². The minimum atomic E-state index is -1.60. The first-order valence-corrected chi connectivity index (χ1v) is 20.4. The van der Waals surface area contributed by atoms with Crippen LogP contribution >= 0.6 is 0 Å². The van der Waals surface area contributed by atoms with Gasteiger partial charge in [0.2, 0.25) is 0 Å². The van der Waals surface area contributed by atoms with Crippen molar-refractivity contribution in [3.8, 4) is 0 Å². The van der Waals surface area contributed by atoms with Gasteiger partial charge in [0.1, 0.15) is 0 Å². The molecule has 4 aliphatic carbocycles. The zero-order valence-electron chi connectivity index (χ0n) is 22.2. The molecule has 4 rings (SSSR count). The second-order valence-electron chi connectivity index (χ2n) is 14.4. The zero-order valence-corrected chi connectivity index (χ0v) is 24.2. The largest absolute Gasteiger partial charge is 0.415 e. The maximum absolute atomic E-state index is 7.17. The van der Waals surface area contributed by atoms with Crippen molar-refractivity contribution in [1.82, 2.24) is 0 Å². The Morgan fingerprint density at radius 2 is 1.52 bits per heavy atom. The maximum Gasteiger partial charge on any atom is 0.184 e. The van der Waals surface area contributed by atoms with Gasteiger partial charge in [-0.05, 0) is 132 Å². The average molecular weight is 465 g/mol. The van der Waals surface area contributed by atoms with Crippen LogP contribution in [0.4, 0.5) is 0 Å². The molecule has 0 bridgehead atoms. The predicted octanol–water partition coefficient (Wildman–Crippen LogP) is 8.11. The van der Waals surface area contributed by atoms with Crippen molar-refractivity contribution < 1.29 is 8.85 Å². The molecule has 4 saturated carbocycles. The minimum Gasteiger partial charge on any atom is -0.415 e. The van der Waals surface area contributed by atoms with Gasteiger partial charge in [-0.15, -0.1) is 0 Å². The fraction of sp³-hybridized carbons (Fsp3) is 1.00. The standard InChI is InChI=1S/C27H52O2Si2/c1-19(28-30(4,5)6)22-15-16-23-21-14-13-20-12-10-11-17-26(20,2)25(21)24(18-27(22,23)3)29-31(7,8)9/h19-25H,10-18H2,1-9H3/t19-,20+,21?,22+,23?,24-,25?,26-,27+/m0/s1. The molecule has 0 aromatic heterocycles. The molecule has 0 heterocycles. The molecule has 0 N–H and O–H groups in total. The van der Waals surface area contributed by atoms with Gasteiger partial charge in [0.15, 0.2) is 16.6 Å². The SMILES string of the molecule is C[C@H](O[Si](C)(C)C)[C@H]1CCC2C3CC[C@H]4CCCC[C@]4(C)C3[C@@H](O[Si](C)(C)C)C[C@@]21C. The number of hydrogen-bond acceptors (Lipinski definition) is 2. The van der Waals surface area contributed by atoms with Gasteiger partial charge in [-0.3, -0.25) is 0 Å². The third-order valence-corrected chi connectivity index (χ3v) is 12.3. The van der Waals surface area contributed by atoms with Crippen LogP contribution < -0.4 is 0 Å². The highest BCUT2D eigenvalue weighted by Gasteiger charge is 2.64. The second kappa shape index (κ2) is 8.24. The molecule has 180 valence electrons. The Kier molecular flexibility index (Phi) is 6.50. The molecule has 0 aliphatic heterocycles. The van der Waals surface area contributed by atoms with Crippen molar-refractivity contribution in [2.75, 3.05) is 0 Å². The predicted molar refractivity (Wildman–Crippen MR) is 137 cm³/mol. The molecular formula is C27H52O2Si2. The zero-order chi connectivity index (χ0) is 22.8. The van der Waals surface area contributed by atoms with Gasteiger partial charge >= 0.3 is 0 Å². The second-order valence-corrected chi connectivity index (χ2v) is 23.3. The van der Waals surface area contributed by atoms with Gasteiger partial charge in [-0.25, -0.2) is 0 Å². The van der Waals surface area contributed by atoms with Crippen LogP contribution in [0, 0.1) is 40.4 Å². The lowest BCUT2D eigenvalue weighted by molar-refractivity contribution is -0.168. The van der Waals surface area contributed by atoms with Crippen LogP contribution in [0.2, 0.25) is 39.3 Å². The fourth-order valence-corrected chi connectivity index (χ4v) is 11.8. The molecule has 4 aliphatic rings. The summed E-state index contributed by atoms with van der Waals surface area (Å²) in [6, 6.07) is 0. The first kappa shape index (κ1) is 24.5. The monoisotopic (exact) mass is 464 g/mol. The van der Waals surface area contributed by atoms with Crippen molar-refractivity contribution in [3.63, 3.8) is 0 Å². The number of fused-ring (bicyclic) bond motifs is 5. The molecule has 0 aromatic rings. The molecule has 31 heavy (non-hydrogen) atoms. The van der Waals surface area contributed by atoms with E-state index >= 15 is 0 Å². The number of hydrogen-bond donors (Lipinski definition) is 0. The summed E-state index contributed by atoms with van der Waals surface area (Å²) >= 11 is 0. The Morgan fingerprint density at radius 1 is 0.806 bits per heavy atom. The smallest absolute Gasteiger partial charge is 0.184 e. The first-order chi connectivity index (χ1) is 14.2. The molecule has 0 amide bonds. The highest BCUT2D eigenvalue weighted by molar-refractivity contribution is 6.70. The summed E-state index contributed by atoms with van der Waals surface area (Å²) in [6.45, 7) is 22.1. The van der Waals surface area contributed by atoms with Crippen molar-refractivity contribution >= 4 is 16.6 Å². The molecule has 3 unspecified atom stereocenters. The van der Waals surface area contributed by atoms with Gasteiger partial charge in [0, 0.05) is 12.2 Å². The molecule has 9 atom stereocenters. The van der Waals surface area contributed by atoms with E-state index in [2.05, 4.69) is 60.1 Å². The molecule has 4 heteroatoms. The Hall–Kier alpha value is 0.354. The quantitative estimate of drug-likeness (QED) is 0.382. The van der Waals surface area contributed by atoms with E-state index in [9.17, 15) is 0 Å². The topological polar surface area (TPSA) is 18.5 Å². The summed E-state index contributed by atoms with van der Waals surface area (Å²) in [7, 11) is -3.13. The molecular weight excluding hydrogens is 412 g/mol. The Morgan fingerprint density at radius 3 is 2.16 bits per heavy atom. The van der Waals surface area contributed by atoms with Crippen LogP contribution in [-0.2, 0) is 8.85 Å². The Bertz CT molecular complexity index is 653. The summed E-state index contributed by atoms with van der Waals surface area (Å²) in [5, 5.41) is 0. The Balaban J connectivity index is 1.68. The van der Waals surface area contributed by atoms with E-state index in [1.165, 1.54) is 57.8 Å². The van der Waals surface area contributed by atoms with E-state index in [1.807, 2.05) is 0 Å². The van der Waals surface area contributed by atoms with Crippen LogP contribution in [0.1, 0.15) is 78.6 Å². The van der Waals surface area contributed by atoms with Crippen LogP contribution in [0.25, 0.3) is 0 Å². The normalized spacial score (nSPS) is 46.7. The van der Waals surface area contributed by atoms with Crippen LogP contribution in [0.15, 0.2) is 0 Å². The third-order valence-electron chi connectivity index (χ3n) is 10.2. The molecule has 0 radical (unpaired) electrons. The van der Waals surface area contributed by atoms with Crippen molar-refractivity contribution in [1.29, 1.82) is 0 Å². The molecule has 0 spiro atoms. The highest BCUT2D eigenvalue weighted by Crippen LogP contribution is 2.68. The van der Waals surface area contributed by atoms with Crippen LogP contribution in [0.5, 0.6) is 0 Å². The third kappa shape index (κ3) is 4.54. The molecule has 2 nitrogen and oxygen atoms in total. The lowest BCUT2D eigenvalue weighted by Gasteiger charge is -2.63. The summed E-state index contributed by atoms with van der Waals surface area (Å²) in [5.41, 5.74) is 0.910. The van der Waals surface area contributed by atoms with E-state index in [1.54, 1.807) is 0 Å². The van der Waals surface area contributed by atoms with Gasteiger partial charge < -0.3 is 8.85 Å². The van der Waals surface area contributed by atoms with Crippen LogP contribution in [-0.4, -0.2) is 28.8 Å². The van der Waals surface area contributed by atoms with Crippen molar-refractivity contribution in [3.05, 3.63) is 0 Å². The highest BCUT2D eigenvalue weighted by atomic mass is 28.4. The lowest BCUT2D eigenvalue weighted by atomic mass is 9.44. The maximum atomic E-state index is 7.17. The summed E-state index contributed by atoms with van der Waals surface area (Å²) in [6.07, 6.45) is 13.7. The van der Waals surface area contributed by atoms with Gasteiger partial charge in [-0.2, -0.15) is 0 Å². The average Bonchev–Trinajstić information content (AvgIpc) is 2.94. The first-order valence-electron chi connectivity index (χ1n) is 13.6. The van der Waals surface area contributed by atoms with Gasteiger partial charge in [-0.1, -0.05) is 26.7 Å². The van der Waals surface area contributed by atoms with Crippen LogP contribution in [0.3, 0.4) is 0 Å². The summed E-state index contributed by atoms with van der Waals surface area (Å²) in [4.78, 5) is 0. The minimum absolute atomic E-state index is 0.391. The van der Waals surface area contributed by atoms with Crippen molar-refractivity contribution in [2.45, 2.75) is 130 Å². The van der Waals surface area contributed by atoms with E-state index in [0.29, 0.717) is 29.0 Å². The van der Waals surface area contributed by atoms with E-state index in [-0.39, 0.29) is 0 Å². The van der Waals surface area contributed by atoms with Gasteiger partial charge in [0.05, 0.1) is 0 Å². The molecule has 4 fully saturated rings.